The van der Waals surface area contributed by atoms with Crippen molar-refractivity contribution >= 4 is 39.1 Å². The van der Waals surface area contributed by atoms with Gasteiger partial charge in [-0.25, -0.2) is 8.42 Å². The van der Waals surface area contributed by atoms with Crippen molar-refractivity contribution in [3.8, 4) is 0 Å². The molecule has 0 saturated heterocycles. The number of carbonyl (C=O) groups is 1. The number of thioether (sulfide) groups is 1. The fraction of sp³-hybridized carbons (Fsp3) is 0.235. The normalized spacial score (nSPS) is 12.5. The van der Waals surface area contributed by atoms with Crippen LogP contribution >= 0.6 is 11.8 Å². The number of nitrogens with one attached hydrogen (secondary N) is 1. The number of rotatable bonds is 6. The lowest BCUT2D eigenvalue weighted by atomic mass is 10.2. The van der Waals surface area contributed by atoms with Gasteiger partial charge in [-0.3, -0.25) is 9.10 Å². The molecule has 24 heavy (non-hydrogen) atoms. The zero-order valence-electron chi connectivity index (χ0n) is 13.8. The molecule has 0 bridgehead atoms. The van der Waals surface area contributed by atoms with Crippen LogP contribution in [-0.4, -0.2) is 32.9 Å². The first kappa shape index (κ1) is 18.4. The zero-order chi connectivity index (χ0) is 17.7. The molecule has 0 spiro atoms. The van der Waals surface area contributed by atoms with Gasteiger partial charge in [-0.1, -0.05) is 24.3 Å². The Labute approximate surface area is 147 Å². The van der Waals surface area contributed by atoms with Gasteiger partial charge in [0.25, 0.3) is 0 Å². The van der Waals surface area contributed by atoms with Crippen LogP contribution in [0.4, 0.5) is 11.4 Å². The van der Waals surface area contributed by atoms with E-state index < -0.39 is 16.1 Å². The number of hydrogen-bond donors (Lipinski definition) is 1. The van der Waals surface area contributed by atoms with E-state index in [9.17, 15) is 13.2 Å². The molecule has 7 heteroatoms. The van der Waals surface area contributed by atoms with Crippen LogP contribution in [0.5, 0.6) is 0 Å². The third-order valence-electron chi connectivity index (χ3n) is 3.44. The summed E-state index contributed by atoms with van der Waals surface area (Å²) in [6.45, 7) is 1.57. The second-order valence-corrected chi connectivity index (χ2v) is 8.03. The largest absolute Gasteiger partial charge is 0.324 e. The average molecular weight is 364 g/mol. The number of nitrogens with zero attached hydrogens (tertiary/aromatic N) is 1. The number of para-hydroxylation sites is 1. The second kappa shape index (κ2) is 7.72. The van der Waals surface area contributed by atoms with E-state index in [0.717, 1.165) is 15.5 Å². The van der Waals surface area contributed by atoms with Gasteiger partial charge in [0.15, 0.2) is 0 Å². The maximum atomic E-state index is 12.5. The molecule has 1 amide bonds. The monoisotopic (exact) mass is 364 g/mol. The minimum absolute atomic E-state index is 0.387. The van der Waals surface area contributed by atoms with Gasteiger partial charge in [-0.15, -0.1) is 11.8 Å². The minimum Gasteiger partial charge on any atom is -0.324 e. The van der Waals surface area contributed by atoms with Gasteiger partial charge in [-0.05, 0) is 43.5 Å². The maximum absolute atomic E-state index is 12.5. The molecule has 0 saturated carbocycles. The molecule has 0 heterocycles. The molecule has 1 N–H and O–H groups in total. The maximum Gasteiger partial charge on any atom is 0.247 e. The summed E-state index contributed by atoms with van der Waals surface area (Å²) in [6, 6.07) is 15.1. The Kier molecular flexibility index (Phi) is 5.90. The third kappa shape index (κ3) is 4.52. The van der Waals surface area contributed by atoms with E-state index in [2.05, 4.69) is 5.32 Å². The molecule has 0 aliphatic heterocycles. The average Bonchev–Trinajstić information content (AvgIpc) is 2.54. The lowest BCUT2D eigenvalue weighted by Gasteiger charge is -2.28. The van der Waals surface area contributed by atoms with Crippen molar-refractivity contribution < 1.29 is 13.2 Å². The lowest BCUT2D eigenvalue weighted by Crippen LogP contribution is -2.45. The van der Waals surface area contributed by atoms with Gasteiger partial charge < -0.3 is 5.32 Å². The summed E-state index contributed by atoms with van der Waals surface area (Å²) in [4.78, 5) is 13.6. The molecule has 2 rings (SSSR count). The standard InChI is InChI=1S/C17H20N2O3S2/c1-13(17(20)18-14-8-7-11-16(12-14)23-2)19(24(3,21)22)15-9-5-4-6-10-15/h4-13H,1-3H3,(H,18,20). The van der Waals surface area contributed by atoms with E-state index in [1.165, 1.54) is 0 Å². The first-order chi connectivity index (χ1) is 11.3. The van der Waals surface area contributed by atoms with E-state index >= 15 is 0 Å². The molecule has 2 aromatic rings. The van der Waals surface area contributed by atoms with Crippen LogP contribution in [0.1, 0.15) is 6.92 Å². The fourth-order valence-corrected chi connectivity index (χ4v) is 3.97. The number of amides is 1. The smallest absolute Gasteiger partial charge is 0.247 e. The lowest BCUT2D eigenvalue weighted by molar-refractivity contribution is -0.116. The van der Waals surface area contributed by atoms with Crippen LogP contribution < -0.4 is 9.62 Å². The van der Waals surface area contributed by atoms with Crippen LogP contribution in [0.15, 0.2) is 59.5 Å². The van der Waals surface area contributed by atoms with E-state index in [1.807, 2.05) is 24.5 Å². The molecular weight excluding hydrogens is 344 g/mol. The number of anilines is 2. The van der Waals surface area contributed by atoms with Crippen LogP contribution in [0.3, 0.4) is 0 Å². The van der Waals surface area contributed by atoms with Crippen molar-refractivity contribution in [1.82, 2.24) is 0 Å². The predicted octanol–water partition coefficient (Wildman–Crippen LogP) is 3.20. The quantitative estimate of drug-likeness (QED) is 0.800. The fourth-order valence-electron chi connectivity index (χ4n) is 2.33. The summed E-state index contributed by atoms with van der Waals surface area (Å²) < 4.78 is 25.5. The van der Waals surface area contributed by atoms with Crippen molar-refractivity contribution in [2.75, 3.05) is 22.1 Å². The van der Waals surface area contributed by atoms with Crippen LogP contribution in [0.25, 0.3) is 0 Å². The van der Waals surface area contributed by atoms with Crippen LogP contribution in [0, 0.1) is 0 Å². The highest BCUT2D eigenvalue weighted by Gasteiger charge is 2.29. The highest BCUT2D eigenvalue weighted by Crippen LogP contribution is 2.22. The highest BCUT2D eigenvalue weighted by atomic mass is 32.2. The van der Waals surface area contributed by atoms with E-state index in [-0.39, 0.29) is 5.91 Å². The molecule has 0 aromatic heterocycles. The van der Waals surface area contributed by atoms with Gasteiger partial charge in [0.05, 0.1) is 11.9 Å². The van der Waals surface area contributed by atoms with E-state index in [4.69, 9.17) is 0 Å². The summed E-state index contributed by atoms with van der Waals surface area (Å²) in [5, 5.41) is 2.78. The first-order valence-electron chi connectivity index (χ1n) is 7.32. The van der Waals surface area contributed by atoms with E-state index in [0.29, 0.717) is 11.4 Å². The van der Waals surface area contributed by atoms with Gasteiger partial charge >= 0.3 is 0 Å². The number of sulfonamides is 1. The van der Waals surface area contributed by atoms with Gasteiger partial charge in [-0.2, -0.15) is 0 Å². The zero-order valence-corrected chi connectivity index (χ0v) is 15.4. The number of carbonyl (C=O) groups excluding carboxylic acids is 1. The van der Waals surface area contributed by atoms with Crippen LogP contribution in [-0.2, 0) is 14.8 Å². The highest BCUT2D eigenvalue weighted by molar-refractivity contribution is 7.98. The summed E-state index contributed by atoms with van der Waals surface area (Å²) in [5.41, 5.74) is 1.10. The van der Waals surface area contributed by atoms with Gasteiger partial charge in [0.2, 0.25) is 15.9 Å². The van der Waals surface area contributed by atoms with E-state index in [1.54, 1.807) is 55.1 Å². The van der Waals surface area contributed by atoms with Crippen molar-refractivity contribution in [3.05, 3.63) is 54.6 Å². The molecule has 5 nitrogen and oxygen atoms in total. The van der Waals surface area contributed by atoms with Crippen molar-refractivity contribution in [3.63, 3.8) is 0 Å². The van der Waals surface area contributed by atoms with Crippen molar-refractivity contribution in [2.45, 2.75) is 17.9 Å². The van der Waals surface area contributed by atoms with Gasteiger partial charge in [0.1, 0.15) is 6.04 Å². The molecule has 2 aromatic carbocycles. The SMILES string of the molecule is CSc1cccc(NC(=O)C(C)N(c2ccccc2)S(C)(=O)=O)c1. The molecule has 0 aliphatic rings. The Bertz CT molecular complexity index is 808. The third-order valence-corrected chi connectivity index (χ3v) is 5.40. The number of hydrogen-bond acceptors (Lipinski definition) is 4. The summed E-state index contributed by atoms with van der Waals surface area (Å²) in [6.07, 6.45) is 3.04. The second-order valence-electron chi connectivity index (χ2n) is 5.29. The Morgan fingerprint density at radius 3 is 2.38 bits per heavy atom. The minimum atomic E-state index is -3.60. The van der Waals surface area contributed by atoms with Crippen molar-refractivity contribution in [2.24, 2.45) is 0 Å². The summed E-state index contributed by atoms with van der Waals surface area (Å²) >= 11 is 1.57. The molecule has 1 unspecified atom stereocenters. The molecule has 0 fully saturated rings. The van der Waals surface area contributed by atoms with Crippen LogP contribution in [0.2, 0.25) is 0 Å². The Morgan fingerprint density at radius 1 is 1.12 bits per heavy atom. The molecule has 1 atom stereocenters. The van der Waals surface area contributed by atoms with Gasteiger partial charge in [0, 0.05) is 10.6 Å². The summed E-state index contributed by atoms with van der Waals surface area (Å²) in [7, 11) is -3.60. The number of benzene rings is 2. The Morgan fingerprint density at radius 2 is 1.79 bits per heavy atom. The van der Waals surface area contributed by atoms with Crippen molar-refractivity contribution in [1.29, 1.82) is 0 Å². The summed E-state index contributed by atoms with van der Waals surface area (Å²) in [5.74, 6) is -0.387. The molecule has 0 radical (unpaired) electrons. The predicted molar refractivity (Wildman–Crippen MR) is 100 cm³/mol. The first-order valence-corrected chi connectivity index (χ1v) is 10.4. The molecular formula is C17H20N2O3S2. The Hall–Kier alpha value is -1.99. The molecule has 128 valence electrons. The Balaban J connectivity index is 2.26. The topological polar surface area (TPSA) is 66.5 Å². The molecule has 0 aliphatic carbocycles.